The van der Waals surface area contributed by atoms with Crippen molar-refractivity contribution in [2.45, 2.75) is 44.6 Å². The molecule has 0 radical (unpaired) electrons. The summed E-state index contributed by atoms with van der Waals surface area (Å²) < 4.78 is 26.4. The first-order chi connectivity index (χ1) is 11.3. The van der Waals surface area contributed by atoms with Crippen molar-refractivity contribution in [1.29, 1.82) is 0 Å². The lowest BCUT2D eigenvalue weighted by atomic mass is 10.0. The third kappa shape index (κ3) is 6.25. The van der Waals surface area contributed by atoms with Gasteiger partial charge >= 0.3 is 0 Å². The van der Waals surface area contributed by atoms with Gasteiger partial charge in [0.05, 0.1) is 12.5 Å². The first-order valence-electron chi connectivity index (χ1n) is 7.70. The second-order valence-electron chi connectivity index (χ2n) is 5.56. The highest BCUT2D eigenvalue weighted by Gasteiger charge is 2.26. The number of aryl methyl sites for hydroxylation is 1. The molecule has 1 aromatic rings. The maximum Gasteiger partial charge on any atom is 0.281 e. The standard InChI is InChI=1S/C15H23N3O5S/c1-3-4-5-6-13(10-18(21)11-19)15(20)17-24(22,23)14-8-7-12(2)9-16-14/h7-9,11,13,21H,3-6,10H2,1-2H3,(H,17,20). The van der Waals surface area contributed by atoms with Gasteiger partial charge in [-0.15, -0.1) is 0 Å². The molecule has 0 aliphatic heterocycles. The Balaban J connectivity index is 2.84. The Morgan fingerprint density at radius 1 is 1.42 bits per heavy atom. The van der Waals surface area contributed by atoms with Gasteiger partial charge in [-0.3, -0.25) is 14.8 Å². The van der Waals surface area contributed by atoms with E-state index in [0.717, 1.165) is 18.4 Å². The quantitative estimate of drug-likeness (QED) is 0.282. The largest absolute Gasteiger partial charge is 0.286 e. The van der Waals surface area contributed by atoms with Crippen molar-refractivity contribution in [3.63, 3.8) is 0 Å². The number of rotatable bonds is 10. The van der Waals surface area contributed by atoms with Crippen molar-refractivity contribution >= 4 is 22.3 Å². The smallest absolute Gasteiger partial charge is 0.281 e. The van der Waals surface area contributed by atoms with Crippen LogP contribution in [0.15, 0.2) is 23.4 Å². The summed E-state index contributed by atoms with van der Waals surface area (Å²) in [7, 11) is -4.09. The Kier molecular flexibility index (Phi) is 7.80. The zero-order valence-corrected chi connectivity index (χ0v) is 14.6. The molecule has 24 heavy (non-hydrogen) atoms. The average Bonchev–Trinajstić information content (AvgIpc) is 2.53. The second kappa shape index (κ2) is 9.33. The van der Waals surface area contributed by atoms with E-state index < -0.39 is 21.8 Å². The average molecular weight is 357 g/mol. The van der Waals surface area contributed by atoms with Crippen molar-refractivity contribution < 1.29 is 23.2 Å². The molecule has 8 nitrogen and oxygen atoms in total. The Labute approximate surface area is 141 Å². The zero-order valence-electron chi connectivity index (χ0n) is 13.8. The molecule has 2 amide bonds. The van der Waals surface area contributed by atoms with Crippen LogP contribution in [0.25, 0.3) is 0 Å². The number of pyridine rings is 1. The van der Waals surface area contributed by atoms with Gasteiger partial charge in [-0.25, -0.2) is 14.8 Å². The van der Waals surface area contributed by atoms with Crippen molar-refractivity contribution in [3.8, 4) is 0 Å². The zero-order chi connectivity index (χ0) is 18.2. The van der Waals surface area contributed by atoms with Gasteiger partial charge in [0.15, 0.2) is 5.03 Å². The molecule has 134 valence electrons. The molecule has 0 saturated carbocycles. The number of aromatic nitrogens is 1. The minimum absolute atomic E-state index is 0.177. The van der Waals surface area contributed by atoms with E-state index in [9.17, 15) is 23.2 Å². The van der Waals surface area contributed by atoms with Crippen molar-refractivity contribution in [2.24, 2.45) is 5.92 Å². The summed E-state index contributed by atoms with van der Waals surface area (Å²) in [5.74, 6) is -1.60. The molecule has 1 unspecified atom stereocenters. The molecule has 0 aromatic carbocycles. The number of amides is 2. The lowest BCUT2D eigenvalue weighted by Gasteiger charge is -2.19. The number of sulfonamides is 1. The van der Waals surface area contributed by atoms with Gasteiger partial charge < -0.3 is 0 Å². The first kappa shape index (κ1) is 20.0. The van der Waals surface area contributed by atoms with Crippen molar-refractivity contribution in [2.75, 3.05) is 6.54 Å². The molecule has 1 atom stereocenters. The summed E-state index contributed by atoms with van der Waals surface area (Å²) in [6, 6.07) is 2.88. The summed E-state index contributed by atoms with van der Waals surface area (Å²) in [5, 5.41) is 9.38. The fourth-order valence-electron chi connectivity index (χ4n) is 2.10. The number of carbonyl (C=O) groups excluding carboxylic acids is 2. The third-order valence-electron chi connectivity index (χ3n) is 3.45. The lowest BCUT2D eigenvalue weighted by Crippen LogP contribution is -2.40. The van der Waals surface area contributed by atoms with E-state index in [1.54, 1.807) is 13.0 Å². The van der Waals surface area contributed by atoms with Crippen molar-refractivity contribution in [1.82, 2.24) is 14.8 Å². The molecule has 0 aliphatic rings. The lowest BCUT2D eigenvalue weighted by molar-refractivity contribution is -0.154. The van der Waals surface area contributed by atoms with Gasteiger partial charge in [0.25, 0.3) is 10.0 Å². The molecule has 1 rings (SSSR count). The Morgan fingerprint density at radius 3 is 2.67 bits per heavy atom. The normalized spacial score (nSPS) is 12.5. The Bertz CT molecular complexity index is 646. The van der Waals surface area contributed by atoms with E-state index in [2.05, 4.69) is 4.98 Å². The highest BCUT2D eigenvalue weighted by molar-refractivity contribution is 7.90. The van der Waals surface area contributed by atoms with Crippen molar-refractivity contribution in [3.05, 3.63) is 23.9 Å². The van der Waals surface area contributed by atoms with Gasteiger partial charge in [0.1, 0.15) is 0 Å². The van der Waals surface area contributed by atoms with Crippen LogP contribution in [-0.2, 0) is 19.6 Å². The second-order valence-corrected chi connectivity index (χ2v) is 7.19. The van der Waals surface area contributed by atoms with Crippen LogP contribution in [0.5, 0.6) is 0 Å². The van der Waals surface area contributed by atoms with E-state index in [4.69, 9.17) is 0 Å². The molecule has 0 spiro atoms. The highest BCUT2D eigenvalue weighted by Crippen LogP contribution is 2.13. The summed E-state index contributed by atoms with van der Waals surface area (Å²) in [6.07, 6.45) is 4.40. The summed E-state index contributed by atoms with van der Waals surface area (Å²) >= 11 is 0. The minimum Gasteiger partial charge on any atom is -0.286 e. The molecular weight excluding hydrogens is 334 g/mol. The molecule has 1 aromatic heterocycles. The third-order valence-corrected chi connectivity index (χ3v) is 4.71. The SMILES string of the molecule is CCCCCC(CN(O)C=O)C(=O)NS(=O)(=O)c1ccc(C)cn1. The van der Waals surface area contributed by atoms with E-state index in [1.165, 1.54) is 12.3 Å². The Morgan fingerprint density at radius 2 is 2.12 bits per heavy atom. The minimum atomic E-state index is -4.09. The molecule has 2 N–H and O–H groups in total. The van der Waals surface area contributed by atoms with Gasteiger partial charge in [-0.1, -0.05) is 32.3 Å². The van der Waals surface area contributed by atoms with Crippen LogP contribution in [0.1, 0.15) is 38.2 Å². The van der Waals surface area contributed by atoms with E-state index >= 15 is 0 Å². The number of unbranched alkanes of at least 4 members (excludes halogenated alkanes) is 2. The van der Waals surface area contributed by atoms with Gasteiger partial charge in [-0.2, -0.15) is 8.42 Å². The number of nitrogens with zero attached hydrogens (tertiary/aromatic N) is 2. The fraction of sp³-hybridized carbons (Fsp3) is 0.533. The molecule has 0 fully saturated rings. The molecule has 1 heterocycles. The predicted molar refractivity (Wildman–Crippen MR) is 86.5 cm³/mol. The maximum absolute atomic E-state index is 12.3. The maximum atomic E-state index is 12.3. The number of nitrogens with one attached hydrogen (secondary N) is 1. The van der Waals surface area contributed by atoms with Crippen LogP contribution in [0, 0.1) is 12.8 Å². The number of hydrogen-bond acceptors (Lipinski definition) is 6. The number of carbonyl (C=O) groups is 2. The summed E-state index contributed by atoms with van der Waals surface area (Å²) in [4.78, 5) is 26.6. The molecule has 0 bridgehead atoms. The van der Waals surface area contributed by atoms with Crippen LogP contribution < -0.4 is 4.72 Å². The van der Waals surface area contributed by atoms with E-state index in [1.807, 2.05) is 11.6 Å². The molecule has 0 aliphatic carbocycles. The van der Waals surface area contributed by atoms with Gasteiger partial charge in [-0.05, 0) is 25.0 Å². The number of hydrogen-bond donors (Lipinski definition) is 2. The predicted octanol–water partition coefficient (Wildman–Crippen LogP) is 1.24. The van der Waals surface area contributed by atoms with Crippen LogP contribution in [-0.4, -0.2) is 42.5 Å². The summed E-state index contributed by atoms with van der Waals surface area (Å²) in [5.41, 5.74) is 0.791. The van der Waals surface area contributed by atoms with E-state index in [-0.39, 0.29) is 18.0 Å². The van der Waals surface area contributed by atoms with E-state index in [0.29, 0.717) is 17.9 Å². The highest BCUT2D eigenvalue weighted by atomic mass is 32.2. The topological polar surface area (TPSA) is 117 Å². The molecule has 0 saturated heterocycles. The number of hydroxylamine groups is 2. The molecular formula is C15H23N3O5S. The Hall–Kier alpha value is -2.00. The first-order valence-corrected chi connectivity index (χ1v) is 9.18. The van der Waals surface area contributed by atoms with Crippen LogP contribution in [0.3, 0.4) is 0 Å². The van der Waals surface area contributed by atoms with Crippen LogP contribution in [0.4, 0.5) is 0 Å². The van der Waals surface area contributed by atoms with Gasteiger partial charge in [0, 0.05) is 6.20 Å². The van der Waals surface area contributed by atoms with Crippen LogP contribution in [0.2, 0.25) is 0 Å². The van der Waals surface area contributed by atoms with Crippen LogP contribution >= 0.6 is 0 Å². The summed E-state index contributed by atoms with van der Waals surface area (Å²) in [6.45, 7) is 3.49. The monoisotopic (exact) mass is 357 g/mol. The van der Waals surface area contributed by atoms with Gasteiger partial charge in [0.2, 0.25) is 12.3 Å². The fourth-order valence-corrected chi connectivity index (χ4v) is 3.07. The molecule has 9 heteroatoms.